The van der Waals surface area contributed by atoms with E-state index in [1.54, 1.807) is 0 Å². The van der Waals surface area contributed by atoms with Crippen LogP contribution in [0.1, 0.15) is 45.7 Å². The maximum Gasteiger partial charge on any atom is 0.136 e. The minimum Gasteiger partial charge on any atom is -0.456 e. The van der Waals surface area contributed by atoms with Crippen LogP contribution in [0.3, 0.4) is 0 Å². The molecule has 192 valence electrons. The molecule has 5 aromatic carbocycles. The van der Waals surface area contributed by atoms with Crippen molar-refractivity contribution in [3.8, 4) is 22.3 Å². The van der Waals surface area contributed by atoms with Crippen molar-refractivity contribution >= 4 is 33.3 Å². The zero-order chi connectivity index (χ0) is 26.9. The van der Waals surface area contributed by atoms with Gasteiger partial charge in [0.2, 0.25) is 0 Å². The van der Waals surface area contributed by atoms with Gasteiger partial charge in [-0.05, 0) is 96.6 Å². The maximum atomic E-state index is 6.19. The molecule has 1 heterocycles. The fourth-order valence-corrected chi connectivity index (χ4v) is 6.49. The van der Waals surface area contributed by atoms with E-state index in [-0.39, 0.29) is 11.0 Å². The van der Waals surface area contributed by atoms with Gasteiger partial charge in [0.25, 0.3) is 0 Å². The van der Waals surface area contributed by atoms with Gasteiger partial charge in [0, 0.05) is 33.1 Å². The molecule has 1 aliphatic rings. The molecule has 0 atom stereocenters. The topological polar surface area (TPSA) is 16.4 Å². The van der Waals surface area contributed by atoms with E-state index in [1.165, 1.54) is 39.2 Å². The largest absolute Gasteiger partial charge is 0.456 e. The van der Waals surface area contributed by atoms with Crippen LogP contribution in [-0.2, 0) is 5.41 Å². The van der Waals surface area contributed by atoms with Crippen LogP contribution in [0.25, 0.3) is 44.2 Å². The Morgan fingerprint density at radius 1 is 0.564 bits per heavy atom. The zero-order valence-corrected chi connectivity index (χ0v) is 23.2. The quantitative estimate of drug-likeness (QED) is 0.237. The molecule has 6 aromatic rings. The molecule has 2 nitrogen and oxygen atoms in total. The van der Waals surface area contributed by atoms with E-state index in [4.69, 9.17) is 4.42 Å². The van der Waals surface area contributed by atoms with E-state index in [0.29, 0.717) is 0 Å². The van der Waals surface area contributed by atoms with Gasteiger partial charge in [-0.3, -0.25) is 0 Å². The van der Waals surface area contributed by atoms with Gasteiger partial charge < -0.3 is 9.32 Å². The van der Waals surface area contributed by atoms with E-state index in [1.807, 2.05) is 12.1 Å². The van der Waals surface area contributed by atoms with Crippen LogP contribution in [0, 0.1) is 0 Å². The van der Waals surface area contributed by atoms with Gasteiger partial charge in [-0.1, -0.05) is 80.6 Å². The van der Waals surface area contributed by atoms with Crippen molar-refractivity contribution in [2.45, 2.75) is 45.6 Å². The Balaban J connectivity index is 1.33. The fraction of sp³-hybridized carbons (Fsp3) is 0.189. The summed E-state index contributed by atoms with van der Waals surface area (Å²) in [5.74, 6) is 0. The van der Waals surface area contributed by atoms with E-state index in [9.17, 15) is 0 Å². The molecule has 0 unspecified atom stereocenters. The van der Waals surface area contributed by atoms with E-state index < -0.39 is 0 Å². The average Bonchev–Trinajstić information content (AvgIpc) is 3.40. The van der Waals surface area contributed by atoms with Crippen LogP contribution < -0.4 is 4.90 Å². The predicted octanol–water partition coefficient (Wildman–Crippen LogP) is 10.5. The fourth-order valence-electron chi connectivity index (χ4n) is 6.49. The smallest absolute Gasteiger partial charge is 0.136 e. The Morgan fingerprint density at radius 3 is 2.10 bits per heavy atom. The highest BCUT2D eigenvalue weighted by Crippen LogP contribution is 2.50. The van der Waals surface area contributed by atoms with Crippen molar-refractivity contribution in [3.63, 3.8) is 0 Å². The molecule has 0 fully saturated rings. The second kappa shape index (κ2) is 8.35. The highest BCUT2D eigenvalue weighted by atomic mass is 16.3. The molecule has 7 rings (SSSR count). The maximum absolute atomic E-state index is 6.19. The van der Waals surface area contributed by atoms with Gasteiger partial charge in [0.1, 0.15) is 11.2 Å². The van der Waals surface area contributed by atoms with Gasteiger partial charge in [-0.25, -0.2) is 0 Å². The van der Waals surface area contributed by atoms with Crippen LogP contribution in [0.4, 0.5) is 11.4 Å². The number of fused-ring (bicyclic) bond motifs is 6. The summed E-state index contributed by atoms with van der Waals surface area (Å²) in [7, 11) is 0. The first-order chi connectivity index (χ1) is 18.7. The molecule has 0 spiro atoms. The van der Waals surface area contributed by atoms with E-state index in [2.05, 4.69) is 137 Å². The Bertz CT molecular complexity index is 1880. The van der Waals surface area contributed by atoms with Crippen molar-refractivity contribution in [1.82, 2.24) is 0 Å². The van der Waals surface area contributed by atoms with Crippen LogP contribution >= 0.6 is 0 Å². The average molecular weight is 508 g/mol. The molecule has 2 heteroatoms. The van der Waals surface area contributed by atoms with Crippen LogP contribution in [0.15, 0.2) is 114 Å². The normalized spacial score (nSPS) is 14.0. The summed E-state index contributed by atoms with van der Waals surface area (Å²) in [5.41, 5.74) is 11.9. The molecule has 0 N–H and O–H groups in total. The van der Waals surface area contributed by atoms with Crippen LogP contribution in [0.5, 0.6) is 0 Å². The van der Waals surface area contributed by atoms with Gasteiger partial charge >= 0.3 is 0 Å². The predicted molar refractivity (Wildman–Crippen MR) is 165 cm³/mol. The number of nitrogens with zero attached hydrogens (tertiary/aromatic N) is 1. The second-order valence-corrected chi connectivity index (χ2v) is 12.3. The lowest BCUT2D eigenvalue weighted by Gasteiger charge is -2.39. The first-order valence-corrected chi connectivity index (χ1v) is 13.8. The highest BCUT2D eigenvalue weighted by molar-refractivity contribution is 6.05. The van der Waals surface area contributed by atoms with Gasteiger partial charge in [0.05, 0.1) is 0 Å². The van der Waals surface area contributed by atoms with Gasteiger partial charge in [-0.15, -0.1) is 0 Å². The Labute approximate surface area is 230 Å². The molecule has 0 radical (unpaired) electrons. The monoisotopic (exact) mass is 507 g/mol. The molecular weight excluding hydrogens is 474 g/mol. The van der Waals surface area contributed by atoms with E-state index in [0.717, 1.165) is 27.5 Å². The number of para-hydroxylation sites is 1. The third-order valence-electron chi connectivity index (χ3n) is 8.31. The van der Waals surface area contributed by atoms with Crippen molar-refractivity contribution < 1.29 is 4.42 Å². The minimum absolute atomic E-state index is 0.0324. The first-order valence-electron chi connectivity index (χ1n) is 13.8. The summed E-state index contributed by atoms with van der Waals surface area (Å²) in [6, 6.07) is 39.5. The summed E-state index contributed by atoms with van der Waals surface area (Å²) in [6.45, 7) is 11.5. The van der Waals surface area contributed by atoms with Crippen LogP contribution in [0.2, 0.25) is 0 Å². The lowest BCUT2D eigenvalue weighted by atomic mass is 9.82. The molecule has 0 saturated carbocycles. The Hall–Kier alpha value is -4.30. The van der Waals surface area contributed by atoms with Crippen LogP contribution in [-0.4, -0.2) is 5.54 Å². The van der Waals surface area contributed by atoms with E-state index >= 15 is 0 Å². The molecule has 0 amide bonds. The number of hydrogen-bond acceptors (Lipinski definition) is 2. The number of hydrogen-bond donors (Lipinski definition) is 0. The number of furan rings is 1. The third-order valence-corrected chi connectivity index (χ3v) is 8.31. The first kappa shape index (κ1) is 23.8. The molecule has 0 aliphatic heterocycles. The Kier molecular flexibility index (Phi) is 5.09. The summed E-state index contributed by atoms with van der Waals surface area (Å²) >= 11 is 0. The lowest BCUT2D eigenvalue weighted by Crippen LogP contribution is -2.37. The van der Waals surface area contributed by atoms with Crippen molar-refractivity contribution in [3.05, 3.63) is 120 Å². The molecule has 0 saturated heterocycles. The van der Waals surface area contributed by atoms with Crippen molar-refractivity contribution in [2.75, 3.05) is 4.90 Å². The Morgan fingerprint density at radius 2 is 1.26 bits per heavy atom. The van der Waals surface area contributed by atoms with Gasteiger partial charge in [-0.2, -0.15) is 0 Å². The zero-order valence-electron chi connectivity index (χ0n) is 23.2. The van der Waals surface area contributed by atoms with Crippen molar-refractivity contribution in [2.24, 2.45) is 0 Å². The third kappa shape index (κ3) is 3.70. The summed E-state index contributed by atoms with van der Waals surface area (Å²) in [6.07, 6.45) is 0. The lowest BCUT2D eigenvalue weighted by molar-refractivity contribution is 0.559. The molecular formula is C37H33NO. The van der Waals surface area contributed by atoms with Crippen molar-refractivity contribution in [1.29, 1.82) is 0 Å². The molecule has 0 bridgehead atoms. The van der Waals surface area contributed by atoms with Gasteiger partial charge in [0.15, 0.2) is 0 Å². The number of benzene rings is 5. The number of anilines is 2. The minimum atomic E-state index is -0.120. The SMILES string of the molecule is CC1(C)c2ccccc2-c2ccc(N(c3cccc(-c4ccc5c(c4)oc4ccccc45)c3)C(C)(C)C)cc21. The summed E-state index contributed by atoms with van der Waals surface area (Å²) in [4.78, 5) is 2.47. The second-order valence-electron chi connectivity index (χ2n) is 12.3. The number of rotatable bonds is 3. The molecule has 39 heavy (non-hydrogen) atoms. The summed E-state index contributed by atoms with van der Waals surface area (Å²) < 4.78 is 6.19. The molecule has 1 aromatic heterocycles. The summed E-state index contributed by atoms with van der Waals surface area (Å²) in [5, 5.41) is 2.32. The molecule has 1 aliphatic carbocycles. The standard InChI is InChI=1S/C37H33NO/c1-36(2,3)38(27-18-20-29-28-13-6-8-15-32(28)37(4,5)33(29)23-27)26-12-10-11-24(21-26)25-17-19-31-30-14-7-9-16-34(30)39-35(31)22-25/h6-23H,1-5H3. The highest BCUT2D eigenvalue weighted by Gasteiger charge is 2.36.